The highest BCUT2D eigenvalue weighted by Crippen LogP contribution is 2.32. The molecule has 0 radical (unpaired) electrons. The quantitative estimate of drug-likeness (QED) is 0.486. The van der Waals surface area contributed by atoms with E-state index in [4.69, 9.17) is 0 Å². The van der Waals surface area contributed by atoms with Gasteiger partial charge in [0.1, 0.15) is 12.0 Å². The van der Waals surface area contributed by atoms with Crippen molar-refractivity contribution in [2.24, 2.45) is 0 Å². The minimum absolute atomic E-state index is 0.0884. The second-order valence-corrected chi connectivity index (χ2v) is 5.05. The number of hydrogen-bond donors (Lipinski definition) is 0. The number of hydrogen-bond acceptors (Lipinski definition) is 4. The summed E-state index contributed by atoms with van der Waals surface area (Å²) in [6.45, 7) is 0. The number of alkyl halides is 3. The molecule has 0 N–H and O–H groups in total. The highest BCUT2D eigenvalue weighted by molar-refractivity contribution is 7.95. The number of rotatable bonds is 4. The first-order valence-corrected chi connectivity index (χ1v) is 6.75. The van der Waals surface area contributed by atoms with E-state index in [0.717, 1.165) is 7.05 Å². The number of amides is 1. The molecule has 0 saturated heterocycles. The number of halogens is 3. The lowest BCUT2D eigenvalue weighted by Crippen LogP contribution is -2.26. The Bertz CT molecular complexity index is 713. The zero-order chi connectivity index (χ0) is 16.3. The molecular formula is C14H10F3NO3S. The number of carbonyl (C=O) groups excluding carboxylic acids is 2. The van der Waals surface area contributed by atoms with Gasteiger partial charge in [0, 0.05) is 18.0 Å². The Morgan fingerprint density at radius 2 is 1.86 bits per heavy atom. The van der Waals surface area contributed by atoms with Crippen molar-refractivity contribution in [1.82, 2.24) is 5.06 Å². The van der Waals surface area contributed by atoms with Crippen molar-refractivity contribution >= 4 is 35.0 Å². The summed E-state index contributed by atoms with van der Waals surface area (Å²) in [5.74, 6) is -0.781. The van der Waals surface area contributed by atoms with Gasteiger partial charge in [-0.2, -0.15) is 17.5 Å². The Kier molecular flexibility index (Phi) is 4.72. The first-order valence-electron chi connectivity index (χ1n) is 6.01. The second kappa shape index (κ2) is 6.37. The average molecular weight is 329 g/mol. The van der Waals surface area contributed by atoms with Crippen LogP contribution in [0.4, 0.5) is 13.2 Å². The van der Waals surface area contributed by atoms with Crippen LogP contribution in [0, 0.1) is 0 Å². The van der Waals surface area contributed by atoms with E-state index < -0.39 is 23.5 Å². The molecule has 8 heteroatoms. The number of aldehydes is 1. The minimum atomic E-state index is -4.62. The maximum atomic E-state index is 12.2. The summed E-state index contributed by atoms with van der Waals surface area (Å²) in [4.78, 5) is 23.4. The van der Waals surface area contributed by atoms with Gasteiger partial charge < -0.3 is 0 Å². The number of nitrogens with zero attached hydrogens (tertiary/aromatic N) is 1. The molecule has 0 bridgehead atoms. The lowest BCUT2D eigenvalue weighted by Gasteiger charge is -2.17. The Labute approximate surface area is 128 Å². The molecule has 2 aromatic carbocycles. The Hall–Kier alpha value is -2.06. The molecule has 0 spiro atoms. The van der Waals surface area contributed by atoms with Gasteiger partial charge in [0.05, 0.1) is 5.56 Å². The summed E-state index contributed by atoms with van der Waals surface area (Å²) >= 11 is -0.784. The fourth-order valence-corrected chi connectivity index (χ4v) is 2.21. The van der Waals surface area contributed by atoms with Crippen LogP contribution in [0.2, 0.25) is 0 Å². The highest BCUT2D eigenvalue weighted by Gasteiger charge is 2.32. The molecule has 0 fully saturated rings. The van der Waals surface area contributed by atoms with Crippen LogP contribution < -0.4 is 0 Å². The molecule has 0 aromatic heterocycles. The Morgan fingerprint density at radius 3 is 2.45 bits per heavy atom. The fourth-order valence-electron chi connectivity index (χ4n) is 1.95. The second-order valence-electron chi connectivity index (χ2n) is 4.28. The van der Waals surface area contributed by atoms with E-state index in [1.54, 1.807) is 24.3 Å². The fraction of sp³-hybridized carbons (Fsp3) is 0.143. The van der Waals surface area contributed by atoms with Gasteiger partial charge in [0.15, 0.2) is 6.29 Å². The van der Waals surface area contributed by atoms with Crippen molar-refractivity contribution in [3.05, 3.63) is 47.5 Å². The zero-order valence-electron chi connectivity index (χ0n) is 11.3. The van der Waals surface area contributed by atoms with Crippen LogP contribution in [0.1, 0.15) is 20.7 Å². The third-order valence-electron chi connectivity index (χ3n) is 2.82. The van der Waals surface area contributed by atoms with Crippen molar-refractivity contribution in [2.45, 2.75) is 5.51 Å². The molecule has 0 aliphatic heterocycles. The van der Waals surface area contributed by atoms with Gasteiger partial charge in [0.25, 0.3) is 5.91 Å². The summed E-state index contributed by atoms with van der Waals surface area (Å²) in [5.41, 5.74) is -4.26. The average Bonchev–Trinajstić information content (AvgIpc) is 2.49. The molecule has 1 amide bonds. The van der Waals surface area contributed by atoms with Crippen molar-refractivity contribution < 1.29 is 27.0 Å². The van der Waals surface area contributed by atoms with Crippen LogP contribution in [0.5, 0.6) is 0 Å². The van der Waals surface area contributed by atoms with E-state index in [1.807, 2.05) is 0 Å². The van der Waals surface area contributed by atoms with Crippen molar-refractivity contribution in [2.75, 3.05) is 7.05 Å². The van der Waals surface area contributed by atoms with Crippen LogP contribution in [-0.2, 0) is 4.28 Å². The summed E-state index contributed by atoms with van der Waals surface area (Å²) < 4.78 is 40.7. The standard InChI is InChI=1S/C14H10F3NO3S/c1-18(21-22-14(15,16)17)13(20)11-7-3-5-9-4-2-6-10(8-19)12(9)11/h2-8H,1H3. The van der Waals surface area contributed by atoms with Crippen LogP contribution in [0.25, 0.3) is 10.8 Å². The molecule has 4 nitrogen and oxygen atoms in total. The monoisotopic (exact) mass is 329 g/mol. The smallest absolute Gasteiger partial charge is 0.298 e. The Morgan fingerprint density at radius 1 is 1.23 bits per heavy atom. The maximum Gasteiger partial charge on any atom is 0.470 e. The zero-order valence-corrected chi connectivity index (χ0v) is 12.1. The number of benzene rings is 2. The Balaban J connectivity index is 2.38. The van der Waals surface area contributed by atoms with Gasteiger partial charge in [-0.15, -0.1) is 0 Å². The normalized spacial score (nSPS) is 11.5. The van der Waals surface area contributed by atoms with Crippen LogP contribution >= 0.6 is 12.0 Å². The molecule has 0 aliphatic carbocycles. The predicted octanol–water partition coefficient (Wildman–Crippen LogP) is 3.82. The molecule has 0 atom stereocenters. The molecule has 116 valence electrons. The molecule has 0 aliphatic rings. The molecule has 2 aromatic rings. The summed E-state index contributed by atoms with van der Waals surface area (Å²) in [6, 6.07) is 9.58. The SMILES string of the molecule is CN(OSC(F)(F)F)C(=O)c1cccc2cccc(C=O)c12. The molecule has 22 heavy (non-hydrogen) atoms. The molecule has 0 heterocycles. The van der Waals surface area contributed by atoms with E-state index in [1.165, 1.54) is 12.1 Å². The predicted molar refractivity (Wildman–Crippen MR) is 76.2 cm³/mol. The van der Waals surface area contributed by atoms with Crippen LogP contribution in [0.3, 0.4) is 0 Å². The van der Waals surface area contributed by atoms with E-state index >= 15 is 0 Å². The number of hydroxylamine groups is 2. The lowest BCUT2D eigenvalue weighted by molar-refractivity contribution is -0.0586. The van der Waals surface area contributed by atoms with Gasteiger partial charge in [-0.1, -0.05) is 30.3 Å². The van der Waals surface area contributed by atoms with Crippen LogP contribution in [0.15, 0.2) is 36.4 Å². The van der Waals surface area contributed by atoms with Gasteiger partial charge >= 0.3 is 5.51 Å². The third-order valence-corrected chi connectivity index (χ3v) is 3.31. The van der Waals surface area contributed by atoms with E-state index in [9.17, 15) is 22.8 Å². The van der Waals surface area contributed by atoms with Crippen LogP contribution in [-0.4, -0.2) is 29.8 Å². The van der Waals surface area contributed by atoms with E-state index in [2.05, 4.69) is 4.28 Å². The van der Waals surface area contributed by atoms with Gasteiger partial charge in [0.2, 0.25) is 0 Å². The van der Waals surface area contributed by atoms with E-state index in [-0.39, 0.29) is 11.1 Å². The third kappa shape index (κ3) is 3.58. The van der Waals surface area contributed by atoms with Gasteiger partial charge in [-0.25, -0.2) is 5.06 Å². The van der Waals surface area contributed by atoms with Gasteiger partial charge in [-0.05, 0) is 11.5 Å². The molecule has 2 rings (SSSR count). The van der Waals surface area contributed by atoms with Crippen molar-refractivity contribution in [3.8, 4) is 0 Å². The molecular weight excluding hydrogens is 319 g/mol. The largest absolute Gasteiger partial charge is 0.470 e. The maximum absolute atomic E-state index is 12.2. The summed E-state index contributed by atoms with van der Waals surface area (Å²) in [6.07, 6.45) is 0.588. The minimum Gasteiger partial charge on any atom is -0.298 e. The van der Waals surface area contributed by atoms with E-state index in [0.29, 0.717) is 22.1 Å². The summed E-state index contributed by atoms with van der Waals surface area (Å²) in [7, 11) is 1.07. The first kappa shape index (κ1) is 16.3. The molecule has 0 saturated carbocycles. The topological polar surface area (TPSA) is 46.6 Å². The van der Waals surface area contributed by atoms with Crippen molar-refractivity contribution in [1.29, 1.82) is 0 Å². The molecule has 0 unspecified atom stereocenters. The lowest BCUT2D eigenvalue weighted by atomic mass is 9.99. The summed E-state index contributed by atoms with van der Waals surface area (Å²) in [5, 5.41) is 1.49. The highest BCUT2D eigenvalue weighted by atomic mass is 32.2. The number of carbonyl (C=O) groups is 2. The first-order chi connectivity index (χ1) is 10.3. The number of fused-ring (bicyclic) bond motifs is 1. The van der Waals surface area contributed by atoms with Gasteiger partial charge in [-0.3, -0.25) is 9.59 Å². The van der Waals surface area contributed by atoms with Crippen molar-refractivity contribution in [3.63, 3.8) is 0 Å².